The Morgan fingerprint density at radius 3 is 2.67 bits per heavy atom. The molecule has 4 N–H and O–H groups in total. The molecule has 2 saturated heterocycles. The number of carbonyl (C=O) groups excluding carboxylic acids is 1. The molecule has 0 aliphatic carbocycles. The highest BCUT2D eigenvalue weighted by Gasteiger charge is 2.27. The van der Waals surface area contributed by atoms with Crippen LogP contribution >= 0.6 is 11.3 Å². The third-order valence-corrected chi connectivity index (χ3v) is 5.33. The molecule has 0 radical (unpaired) electrons. The number of nitrogens with two attached hydrogens (primary N) is 2. The fraction of sp³-hybridized carbons (Fsp3) is 0.714. The molecule has 0 spiro atoms. The number of nitrogen functional groups attached to an aromatic ring is 1. The standard InChI is InChI=1S/C14H23N5OS/c15-10-5-4-8-19(9-10)13(20)11-12(16)17-14(21-11)18-6-2-1-3-7-18/h10H,1-9,15-16H2. The average Bonchev–Trinajstić information content (AvgIpc) is 2.89. The summed E-state index contributed by atoms with van der Waals surface area (Å²) >= 11 is 1.43. The van der Waals surface area contributed by atoms with Gasteiger partial charge in [-0.15, -0.1) is 0 Å². The van der Waals surface area contributed by atoms with Crippen molar-refractivity contribution in [3.63, 3.8) is 0 Å². The molecule has 1 amide bonds. The Morgan fingerprint density at radius 2 is 1.95 bits per heavy atom. The quantitative estimate of drug-likeness (QED) is 0.859. The van der Waals surface area contributed by atoms with E-state index in [9.17, 15) is 4.79 Å². The van der Waals surface area contributed by atoms with Gasteiger partial charge in [-0.25, -0.2) is 4.98 Å². The van der Waals surface area contributed by atoms with Gasteiger partial charge in [0.1, 0.15) is 10.7 Å². The van der Waals surface area contributed by atoms with Crippen LogP contribution in [0.3, 0.4) is 0 Å². The van der Waals surface area contributed by atoms with Crippen LogP contribution in [-0.2, 0) is 0 Å². The van der Waals surface area contributed by atoms with Gasteiger partial charge in [0.25, 0.3) is 5.91 Å². The Hall–Kier alpha value is -1.34. The van der Waals surface area contributed by atoms with E-state index in [-0.39, 0.29) is 11.9 Å². The topological polar surface area (TPSA) is 88.5 Å². The summed E-state index contributed by atoms with van der Waals surface area (Å²) in [5, 5.41) is 0.886. The number of rotatable bonds is 2. The number of nitrogens with zero attached hydrogens (tertiary/aromatic N) is 3. The van der Waals surface area contributed by atoms with Crippen LogP contribution in [0, 0.1) is 0 Å². The number of carbonyl (C=O) groups is 1. The van der Waals surface area contributed by atoms with Crippen molar-refractivity contribution in [2.75, 3.05) is 36.8 Å². The largest absolute Gasteiger partial charge is 0.382 e. The van der Waals surface area contributed by atoms with Gasteiger partial charge in [0.05, 0.1) is 0 Å². The Labute approximate surface area is 129 Å². The first-order valence-electron chi connectivity index (χ1n) is 7.71. The number of thiazole rings is 1. The van der Waals surface area contributed by atoms with E-state index in [4.69, 9.17) is 11.5 Å². The lowest BCUT2D eigenvalue weighted by Crippen LogP contribution is -2.45. The van der Waals surface area contributed by atoms with Crippen LogP contribution in [-0.4, -0.2) is 48.0 Å². The van der Waals surface area contributed by atoms with E-state index < -0.39 is 0 Å². The molecule has 0 aromatic carbocycles. The maximum atomic E-state index is 12.6. The van der Waals surface area contributed by atoms with Crippen LogP contribution in [0.1, 0.15) is 41.8 Å². The van der Waals surface area contributed by atoms with Crippen molar-refractivity contribution in [2.24, 2.45) is 5.73 Å². The first kappa shape index (κ1) is 14.6. The zero-order valence-electron chi connectivity index (χ0n) is 12.3. The molecule has 3 heterocycles. The van der Waals surface area contributed by atoms with Crippen molar-refractivity contribution >= 4 is 28.2 Å². The summed E-state index contributed by atoms with van der Waals surface area (Å²) in [6.45, 7) is 3.41. The number of piperidine rings is 2. The van der Waals surface area contributed by atoms with Crippen LogP contribution in [0.5, 0.6) is 0 Å². The number of hydrogen-bond donors (Lipinski definition) is 2. The Balaban J connectivity index is 1.75. The summed E-state index contributed by atoms with van der Waals surface area (Å²) in [5.41, 5.74) is 11.9. The first-order chi connectivity index (χ1) is 10.1. The van der Waals surface area contributed by atoms with E-state index in [2.05, 4.69) is 9.88 Å². The van der Waals surface area contributed by atoms with Crippen LogP contribution < -0.4 is 16.4 Å². The first-order valence-corrected chi connectivity index (χ1v) is 8.53. The predicted octanol–water partition coefficient (Wildman–Crippen LogP) is 1.28. The van der Waals surface area contributed by atoms with Gasteiger partial charge in [-0.05, 0) is 32.1 Å². The molecule has 2 aliphatic rings. The molecule has 1 aromatic rings. The zero-order valence-corrected chi connectivity index (χ0v) is 13.1. The molecule has 6 nitrogen and oxygen atoms in total. The highest BCUT2D eigenvalue weighted by atomic mass is 32.1. The molecule has 0 bridgehead atoms. The normalized spacial score (nSPS) is 23.4. The number of aromatic nitrogens is 1. The molecule has 3 rings (SSSR count). The van der Waals surface area contributed by atoms with E-state index in [1.165, 1.54) is 30.6 Å². The summed E-state index contributed by atoms with van der Waals surface area (Å²) in [5.74, 6) is 0.355. The summed E-state index contributed by atoms with van der Waals surface area (Å²) < 4.78 is 0. The Bertz CT molecular complexity index is 511. The van der Waals surface area contributed by atoms with Gasteiger partial charge in [0.15, 0.2) is 5.13 Å². The van der Waals surface area contributed by atoms with Gasteiger partial charge in [-0.1, -0.05) is 11.3 Å². The van der Waals surface area contributed by atoms with Crippen molar-refractivity contribution in [3.05, 3.63) is 4.88 Å². The fourth-order valence-electron chi connectivity index (χ4n) is 3.03. The van der Waals surface area contributed by atoms with Crippen molar-refractivity contribution in [2.45, 2.75) is 38.1 Å². The second-order valence-corrected chi connectivity index (χ2v) is 6.89. The molecular formula is C14H23N5OS. The molecule has 7 heteroatoms. The second kappa shape index (κ2) is 6.19. The highest BCUT2D eigenvalue weighted by Crippen LogP contribution is 2.31. The maximum absolute atomic E-state index is 12.6. The van der Waals surface area contributed by atoms with Gasteiger partial charge < -0.3 is 21.3 Å². The molecule has 0 saturated carbocycles. The summed E-state index contributed by atoms with van der Waals surface area (Å²) in [7, 11) is 0. The van der Waals surface area contributed by atoms with Crippen LogP contribution in [0.4, 0.5) is 10.9 Å². The number of amides is 1. The molecule has 21 heavy (non-hydrogen) atoms. The second-order valence-electron chi connectivity index (χ2n) is 5.91. The zero-order chi connectivity index (χ0) is 14.8. The number of hydrogen-bond acceptors (Lipinski definition) is 6. The van der Waals surface area contributed by atoms with Gasteiger partial charge in [-0.3, -0.25) is 4.79 Å². The molecule has 1 atom stereocenters. The van der Waals surface area contributed by atoms with Gasteiger partial charge in [0, 0.05) is 32.2 Å². The lowest BCUT2D eigenvalue weighted by Gasteiger charge is -2.30. The average molecular weight is 309 g/mol. The van der Waals surface area contributed by atoms with Crippen LogP contribution in [0.2, 0.25) is 0 Å². The molecule has 1 aromatic heterocycles. The van der Waals surface area contributed by atoms with E-state index in [0.717, 1.165) is 37.6 Å². The Kier molecular flexibility index (Phi) is 4.30. The van der Waals surface area contributed by atoms with E-state index >= 15 is 0 Å². The Morgan fingerprint density at radius 1 is 1.19 bits per heavy atom. The van der Waals surface area contributed by atoms with Crippen molar-refractivity contribution in [1.29, 1.82) is 0 Å². The minimum Gasteiger partial charge on any atom is -0.382 e. The summed E-state index contributed by atoms with van der Waals surface area (Å²) in [4.78, 5) is 21.6. The van der Waals surface area contributed by atoms with Crippen molar-refractivity contribution in [1.82, 2.24) is 9.88 Å². The van der Waals surface area contributed by atoms with E-state index in [1.54, 1.807) is 0 Å². The van der Waals surface area contributed by atoms with E-state index in [1.807, 2.05) is 4.90 Å². The third kappa shape index (κ3) is 3.13. The lowest BCUT2D eigenvalue weighted by atomic mass is 10.1. The lowest BCUT2D eigenvalue weighted by molar-refractivity contribution is 0.0714. The minimum atomic E-state index is -0.0107. The van der Waals surface area contributed by atoms with Gasteiger partial charge in [0.2, 0.25) is 0 Å². The molecule has 1 unspecified atom stereocenters. The van der Waals surface area contributed by atoms with Crippen molar-refractivity contribution in [3.8, 4) is 0 Å². The highest BCUT2D eigenvalue weighted by molar-refractivity contribution is 7.18. The monoisotopic (exact) mass is 309 g/mol. The van der Waals surface area contributed by atoms with Crippen LogP contribution in [0.15, 0.2) is 0 Å². The van der Waals surface area contributed by atoms with Crippen molar-refractivity contribution < 1.29 is 4.79 Å². The summed E-state index contributed by atoms with van der Waals surface area (Å²) in [6, 6.07) is 0.0819. The number of likely N-dealkylation sites (tertiary alicyclic amines) is 1. The summed E-state index contributed by atoms with van der Waals surface area (Å²) in [6.07, 6.45) is 5.59. The predicted molar refractivity (Wildman–Crippen MR) is 85.7 cm³/mol. The molecular weight excluding hydrogens is 286 g/mol. The smallest absolute Gasteiger partial charge is 0.267 e. The van der Waals surface area contributed by atoms with Crippen LogP contribution in [0.25, 0.3) is 0 Å². The minimum absolute atomic E-state index is 0.0107. The molecule has 2 fully saturated rings. The molecule has 116 valence electrons. The van der Waals surface area contributed by atoms with Gasteiger partial charge >= 0.3 is 0 Å². The molecule has 2 aliphatic heterocycles. The fourth-order valence-corrected chi connectivity index (χ4v) is 4.04. The maximum Gasteiger partial charge on any atom is 0.267 e. The third-order valence-electron chi connectivity index (χ3n) is 4.21. The van der Waals surface area contributed by atoms with E-state index in [0.29, 0.717) is 17.2 Å². The van der Waals surface area contributed by atoms with Gasteiger partial charge in [-0.2, -0.15) is 0 Å². The SMILES string of the molecule is Nc1nc(N2CCCCC2)sc1C(=O)N1CCCC(N)C1. The number of anilines is 2.